The molecule has 0 fully saturated rings. The van der Waals surface area contributed by atoms with Gasteiger partial charge in [-0.15, -0.1) is 11.3 Å². The Kier molecular flexibility index (Phi) is 5.78. The molecule has 0 unspecified atom stereocenters. The molecular weight excluding hydrogens is 319 g/mol. The summed E-state index contributed by atoms with van der Waals surface area (Å²) in [4.78, 5) is 27.8. The number of hydrogen-bond donors (Lipinski definition) is 3. The Hall–Kier alpha value is -2.32. The molecule has 6 nitrogen and oxygen atoms in total. The first-order chi connectivity index (χ1) is 11.0. The van der Waals surface area contributed by atoms with Gasteiger partial charge in [0, 0.05) is 11.3 Å². The summed E-state index contributed by atoms with van der Waals surface area (Å²) in [5.74, 6) is -1.07. The van der Waals surface area contributed by atoms with Crippen LogP contribution in [0.15, 0.2) is 24.3 Å². The molecule has 1 aromatic carbocycles. The molecular formula is C15H17FN4O2S. The topological polar surface area (TPSA) is 97.1 Å². The van der Waals surface area contributed by atoms with E-state index < -0.39 is 11.8 Å². The lowest BCUT2D eigenvalue weighted by Gasteiger charge is -2.03. The summed E-state index contributed by atoms with van der Waals surface area (Å²) in [5.41, 5.74) is 6.45. The SMILES string of the molecule is Cc1nc(NC(=O)CNC(=O)CN)sc1Cc1ccccc1F. The van der Waals surface area contributed by atoms with Crippen LogP contribution in [0.25, 0.3) is 0 Å². The second-order valence-electron chi connectivity index (χ2n) is 4.82. The number of carbonyl (C=O) groups excluding carboxylic acids is 2. The summed E-state index contributed by atoms with van der Waals surface area (Å²) in [6, 6.07) is 6.54. The van der Waals surface area contributed by atoms with Gasteiger partial charge in [0.15, 0.2) is 5.13 Å². The van der Waals surface area contributed by atoms with Crippen molar-refractivity contribution in [3.8, 4) is 0 Å². The highest BCUT2D eigenvalue weighted by molar-refractivity contribution is 7.15. The average molecular weight is 336 g/mol. The van der Waals surface area contributed by atoms with Gasteiger partial charge in [-0.25, -0.2) is 9.37 Å². The third-order valence-corrected chi connectivity index (χ3v) is 4.15. The molecule has 4 N–H and O–H groups in total. The van der Waals surface area contributed by atoms with E-state index in [-0.39, 0.29) is 18.9 Å². The van der Waals surface area contributed by atoms with E-state index in [1.54, 1.807) is 25.1 Å². The zero-order valence-corrected chi connectivity index (χ0v) is 13.4. The van der Waals surface area contributed by atoms with E-state index in [1.807, 2.05) is 0 Å². The predicted octanol–water partition coefficient (Wildman–Crippen LogP) is 1.19. The Bertz CT molecular complexity index is 717. The quantitative estimate of drug-likeness (QED) is 0.738. The minimum Gasteiger partial charge on any atom is -0.346 e. The standard InChI is InChI=1S/C15H17FN4O2S/c1-9-12(6-10-4-2-3-5-11(10)16)23-15(19-9)20-14(22)8-18-13(21)7-17/h2-5H,6-8,17H2,1H3,(H,18,21)(H,19,20,22). The normalized spacial score (nSPS) is 10.4. The highest BCUT2D eigenvalue weighted by Gasteiger charge is 2.13. The van der Waals surface area contributed by atoms with E-state index in [4.69, 9.17) is 5.73 Å². The van der Waals surface area contributed by atoms with Gasteiger partial charge in [-0.3, -0.25) is 9.59 Å². The number of rotatable bonds is 6. The van der Waals surface area contributed by atoms with E-state index in [1.165, 1.54) is 17.4 Å². The number of nitrogens with zero attached hydrogens (tertiary/aromatic N) is 1. The molecule has 8 heteroatoms. The maximum atomic E-state index is 13.7. The van der Waals surface area contributed by atoms with Gasteiger partial charge >= 0.3 is 0 Å². The number of benzene rings is 1. The van der Waals surface area contributed by atoms with E-state index >= 15 is 0 Å². The summed E-state index contributed by atoms with van der Waals surface area (Å²) < 4.78 is 13.7. The van der Waals surface area contributed by atoms with Crippen molar-refractivity contribution in [2.24, 2.45) is 5.73 Å². The molecule has 1 aromatic heterocycles. The lowest BCUT2D eigenvalue weighted by Crippen LogP contribution is -2.36. The smallest absolute Gasteiger partial charge is 0.245 e. The number of thiazole rings is 1. The summed E-state index contributed by atoms with van der Waals surface area (Å²) in [6.45, 7) is 1.46. The highest BCUT2D eigenvalue weighted by Crippen LogP contribution is 2.25. The molecule has 0 aliphatic heterocycles. The maximum absolute atomic E-state index is 13.7. The van der Waals surface area contributed by atoms with Crippen LogP contribution >= 0.6 is 11.3 Å². The van der Waals surface area contributed by atoms with E-state index in [0.717, 1.165) is 10.6 Å². The molecule has 0 saturated heterocycles. The number of anilines is 1. The van der Waals surface area contributed by atoms with Crippen LogP contribution in [-0.4, -0.2) is 29.9 Å². The van der Waals surface area contributed by atoms with Crippen LogP contribution in [0, 0.1) is 12.7 Å². The number of hydrogen-bond acceptors (Lipinski definition) is 5. The number of halogens is 1. The van der Waals surface area contributed by atoms with Gasteiger partial charge in [-0.1, -0.05) is 18.2 Å². The first-order valence-corrected chi connectivity index (χ1v) is 7.77. The van der Waals surface area contributed by atoms with Gasteiger partial charge in [0.2, 0.25) is 11.8 Å². The zero-order chi connectivity index (χ0) is 16.8. The van der Waals surface area contributed by atoms with Gasteiger partial charge in [0.1, 0.15) is 5.82 Å². The predicted molar refractivity (Wildman–Crippen MR) is 86.8 cm³/mol. The van der Waals surface area contributed by atoms with Gasteiger partial charge < -0.3 is 16.4 Å². The average Bonchev–Trinajstić information content (AvgIpc) is 2.86. The van der Waals surface area contributed by atoms with Crippen molar-refractivity contribution in [1.29, 1.82) is 0 Å². The van der Waals surface area contributed by atoms with Crippen LogP contribution in [-0.2, 0) is 16.0 Å². The molecule has 0 saturated carbocycles. The molecule has 0 spiro atoms. The third kappa shape index (κ3) is 4.83. The summed E-state index contributed by atoms with van der Waals surface area (Å²) in [6.07, 6.45) is 0.413. The molecule has 2 aromatic rings. The largest absolute Gasteiger partial charge is 0.346 e. The molecule has 0 radical (unpaired) electrons. The number of amides is 2. The lowest BCUT2D eigenvalue weighted by molar-refractivity contribution is -0.123. The van der Waals surface area contributed by atoms with Crippen LogP contribution in [0.4, 0.5) is 9.52 Å². The minimum atomic E-state index is -0.407. The number of nitrogens with one attached hydrogen (secondary N) is 2. The zero-order valence-electron chi connectivity index (χ0n) is 12.6. The van der Waals surface area contributed by atoms with Crippen molar-refractivity contribution in [3.63, 3.8) is 0 Å². The summed E-state index contributed by atoms with van der Waals surface area (Å²) >= 11 is 1.28. The molecule has 2 amide bonds. The molecule has 0 bridgehead atoms. The second-order valence-corrected chi connectivity index (χ2v) is 5.91. The fraction of sp³-hybridized carbons (Fsp3) is 0.267. The van der Waals surface area contributed by atoms with Gasteiger partial charge in [-0.05, 0) is 18.6 Å². The van der Waals surface area contributed by atoms with E-state index in [2.05, 4.69) is 15.6 Å². The van der Waals surface area contributed by atoms with E-state index in [0.29, 0.717) is 17.1 Å². The third-order valence-electron chi connectivity index (χ3n) is 3.08. The van der Waals surface area contributed by atoms with Gasteiger partial charge in [-0.2, -0.15) is 0 Å². The minimum absolute atomic E-state index is 0.169. The van der Waals surface area contributed by atoms with Gasteiger partial charge in [0.05, 0.1) is 18.8 Å². The number of aromatic nitrogens is 1. The first-order valence-electron chi connectivity index (χ1n) is 6.96. The van der Waals surface area contributed by atoms with Crippen LogP contribution in [0.3, 0.4) is 0 Å². The number of nitrogens with two attached hydrogens (primary N) is 1. The molecule has 0 aliphatic rings. The Morgan fingerprint density at radius 3 is 2.74 bits per heavy atom. The second kappa shape index (κ2) is 7.80. The Morgan fingerprint density at radius 2 is 2.04 bits per heavy atom. The number of aryl methyl sites for hydroxylation is 1. The Labute approximate surface area is 136 Å². The summed E-state index contributed by atoms with van der Waals surface area (Å²) in [7, 11) is 0. The lowest BCUT2D eigenvalue weighted by atomic mass is 10.1. The van der Waals surface area contributed by atoms with Gasteiger partial charge in [0.25, 0.3) is 0 Å². The molecule has 0 atom stereocenters. The van der Waals surface area contributed by atoms with Crippen LogP contribution in [0.2, 0.25) is 0 Å². The Morgan fingerprint density at radius 1 is 1.30 bits per heavy atom. The fourth-order valence-corrected chi connectivity index (χ4v) is 2.88. The van der Waals surface area contributed by atoms with Crippen LogP contribution in [0.5, 0.6) is 0 Å². The monoisotopic (exact) mass is 336 g/mol. The van der Waals surface area contributed by atoms with E-state index in [9.17, 15) is 14.0 Å². The van der Waals surface area contributed by atoms with Crippen molar-refractivity contribution >= 4 is 28.3 Å². The molecule has 122 valence electrons. The van der Waals surface area contributed by atoms with Crippen molar-refractivity contribution < 1.29 is 14.0 Å². The van der Waals surface area contributed by atoms with Crippen molar-refractivity contribution in [3.05, 3.63) is 46.2 Å². The van der Waals surface area contributed by atoms with Crippen molar-refractivity contribution in [1.82, 2.24) is 10.3 Å². The maximum Gasteiger partial charge on any atom is 0.245 e. The number of carbonyl (C=O) groups is 2. The van der Waals surface area contributed by atoms with Crippen molar-refractivity contribution in [2.75, 3.05) is 18.4 Å². The molecule has 2 rings (SSSR count). The molecule has 0 aliphatic carbocycles. The summed E-state index contributed by atoms with van der Waals surface area (Å²) in [5, 5.41) is 5.39. The fourth-order valence-electron chi connectivity index (χ4n) is 1.87. The Balaban J connectivity index is 1.99. The van der Waals surface area contributed by atoms with Crippen molar-refractivity contribution in [2.45, 2.75) is 13.3 Å². The molecule has 23 heavy (non-hydrogen) atoms. The van der Waals surface area contributed by atoms with Crippen LogP contribution in [0.1, 0.15) is 16.1 Å². The van der Waals surface area contributed by atoms with Crippen LogP contribution < -0.4 is 16.4 Å². The first kappa shape index (κ1) is 17.0. The molecule has 1 heterocycles. The highest BCUT2D eigenvalue weighted by atomic mass is 32.1.